The Morgan fingerprint density at radius 1 is 1.03 bits per heavy atom. The average Bonchev–Trinajstić information content (AvgIpc) is 3.23. The quantitative estimate of drug-likeness (QED) is 0.348. The van der Waals surface area contributed by atoms with Gasteiger partial charge >= 0.3 is 0 Å². The highest BCUT2D eigenvalue weighted by Crippen LogP contribution is 2.35. The minimum absolute atomic E-state index is 0.121. The number of ether oxygens (including phenoxy) is 2. The van der Waals surface area contributed by atoms with Gasteiger partial charge in [0.2, 0.25) is 10.0 Å². The van der Waals surface area contributed by atoms with Crippen LogP contribution in [0.2, 0.25) is 0 Å². The normalized spacial score (nSPS) is 13.9. The van der Waals surface area contributed by atoms with Crippen molar-refractivity contribution in [3.05, 3.63) is 82.7 Å². The van der Waals surface area contributed by atoms with E-state index >= 15 is 0 Å². The minimum Gasteiger partial charge on any atom is -0.486 e. The van der Waals surface area contributed by atoms with Gasteiger partial charge in [0.25, 0.3) is 5.91 Å². The zero-order valence-electron chi connectivity index (χ0n) is 20.6. The van der Waals surface area contributed by atoms with Gasteiger partial charge in [-0.15, -0.1) is 0 Å². The van der Waals surface area contributed by atoms with Crippen LogP contribution in [0.3, 0.4) is 0 Å². The molecule has 37 heavy (non-hydrogen) atoms. The summed E-state index contributed by atoms with van der Waals surface area (Å²) < 4.78 is 41.7. The third kappa shape index (κ3) is 5.18. The number of amides is 1. The van der Waals surface area contributed by atoms with Crippen molar-refractivity contribution in [1.29, 1.82) is 0 Å². The maximum Gasteiger partial charge on any atom is 0.279 e. The number of carbonyl (C=O) groups excluding carboxylic acids is 1. The number of aryl methyl sites for hydroxylation is 1. The topological polar surface area (TPSA) is 90.2 Å². The smallest absolute Gasteiger partial charge is 0.279 e. The highest BCUT2D eigenvalue weighted by molar-refractivity contribution is 7.89. The van der Waals surface area contributed by atoms with Gasteiger partial charge in [0.1, 0.15) is 13.2 Å². The van der Waals surface area contributed by atoms with Gasteiger partial charge in [-0.05, 0) is 36.2 Å². The van der Waals surface area contributed by atoms with E-state index in [1.54, 1.807) is 7.05 Å². The highest BCUT2D eigenvalue weighted by Gasteiger charge is 2.22. The second-order valence-electron chi connectivity index (χ2n) is 8.69. The molecule has 0 unspecified atom stereocenters. The fourth-order valence-electron chi connectivity index (χ4n) is 4.16. The van der Waals surface area contributed by atoms with Crippen molar-refractivity contribution in [2.45, 2.75) is 31.3 Å². The summed E-state index contributed by atoms with van der Waals surface area (Å²) in [5, 5.41) is 0. The van der Waals surface area contributed by atoms with Crippen molar-refractivity contribution in [2.24, 2.45) is 4.99 Å². The predicted octanol–water partition coefficient (Wildman–Crippen LogP) is 4.45. The zero-order chi connectivity index (χ0) is 26.0. The molecule has 1 aliphatic heterocycles. The third-order valence-electron chi connectivity index (χ3n) is 6.05. The van der Waals surface area contributed by atoms with E-state index in [0.29, 0.717) is 41.6 Å². The molecule has 1 aliphatic rings. The predicted molar refractivity (Wildman–Crippen MR) is 143 cm³/mol. The van der Waals surface area contributed by atoms with Crippen LogP contribution >= 0.6 is 11.3 Å². The van der Waals surface area contributed by atoms with Crippen LogP contribution in [0.25, 0.3) is 10.2 Å². The lowest BCUT2D eigenvalue weighted by atomic mass is 10.2. The van der Waals surface area contributed by atoms with Crippen molar-refractivity contribution in [3.8, 4) is 11.5 Å². The summed E-state index contributed by atoms with van der Waals surface area (Å²) in [7, 11) is -2.17. The molecular weight excluding hydrogens is 510 g/mol. The van der Waals surface area contributed by atoms with Crippen molar-refractivity contribution >= 4 is 37.5 Å². The SMILES string of the molecule is CCCn1c(=NC(=O)c2ccc(S(=O)(=O)N(C)Cc3ccccc3)cc2)sc2cc3c(cc21)OCCO3. The lowest BCUT2D eigenvalue weighted by Gasteiger charge is -2.18. The van der Waals surface area contributed by atoms with E-state index in [4.69, 9.17) is 9.47 Å². The summed E-state index contributed by atoms with van der Waals surface area (Å²) in [6.45, 7) is 4.01. The molecule has 5 rings (SSSR count). The van der Waals surface area contributed by atoms with E-state index in [1.165, 1.54) is 39.9 Å². The molecule has 0 aliphatic carbocycles. The number of sulfonamides is 1. The van der Waals surface area contributed by atoms with Crippen LogP contribution in [0.5, 0.6) is 11.5 Å². The molecule has 0 saturated heterocycles. The number of nitrogens with zero attached hydrogens (tertiary/aromatic N) is 3. The van der Waals surface area contributed by atoms with E-state index in [0.717, 1.165) is 22.2 Å². The summed E-state index contributed by atoms with van der Waals surface area (Å²) in [5.41, 5.74) is 2.14. The molecule has 0 atom stereocenters. The molecule has 0 spiro atoms. The van der Waals surface area contributed by atoms with Crippen LogP contribution in [-0.2, 0) is 23.1 Å². The van der Waals surface area contributed by atoms with E-state index in [-0.39, 0.29) is 11.4 Å². The highest BCUT2D eigenvalue weighted by atomic mass is 32.2. The molecule has 3 aromatic carbocycles. The largest absolute Gasteiger partial charge is 0.486 e. The fraction of sp³-hybridized carbons (Fsp3) is 0.259. The number of rotatable bonds is 7. The summed E-state index contributed by atoms with van der Waals surface area (Å²) in [6, 6.07) is 19.2. The summed E-state index contributed by atoms with van der Waals surface area (Å²) in [6.07, 6.45) is 0.866. The molecule has 4 aromatic rings. The molecule has 192 valence electrons. The first-order valence-corrected chi connectivity index (χ1v) is 14.2. The molecule has 0 saturated carbocycles. The van der Waals surface area contributed by atoms with Gasteiger partial charge in [-0.2, -0.15) is 9.30 Å². The maximum absolute atomic E-state index is 13.1. The van der Waals surface area contributed by atoms with Gasteiger partial charge in [-0.3, -0.25) is 4.79 Å². The average molecular weight is 538 g/mol. The van der Waals surface area contributed by atoms with Crippen LogP contribution in [0.15, 0.2) is 76.6 Å². The number of hydrogen-bond donors (Lipinski definition) is 0. The molecule has 10 heteroatoms. The second kappa shape index (κ2) is 10.5. The van der Waals surface area contributed by atoms with E-state index < -0.39 is 15.9 Å². The molecule has 0 N–H and O–H groups in total. The Labute approximate surface area is 219 Å². The summed E-state index contributed by atoms with van der Waals surface area (Å²) in [4.78, 5) is 18.1. The molecule has 8 nitrogen and oxygen atoms in total. The van der Waals surface area contributed by atoms with Crippen molar-refractivity contribution in [1.82, 2.24) is 8.87 Å². The Morgan fingerprint density at radius 2 is 1.70 bits per heavy atom. The van der Waals surface area contributed by atoms with E-state index in [1.807, 2.05) is 47.0 Å². The minimum atomic E-state index is -3.71. The van der Waals surface area contributed by atoms with E-state index in [2.05, 4.69) is 11.9 Å². The lowest BCUT2D eigenvalue weighted by Crippen LogP contribution is -2.26. The van der Waals surface area contributed by atoms with Crippen molar-refractivity contribution < 1.29 is 22.7 Å². The summed E-state index contributed by atoms with van der Waals surface area (Å²) >= 11 is 1.41. The second-order valence-corrected chi connectivity index (χ2v) is 11.7. The van der Waals surface area contributed by atoms with Crippen LogP contribution in [-0.4, -0.2) is 43.5 Å². The molecule has 2 heterocycles. The molecular formula is C27H27N3O5S2. The first-order chi connectivity index (χ1) is 17.9. The number of hydrogen-bond acceptors (Lipinski definition) is 6. The van der Waals surface area contributed by atoms with E-state index in [9.17, 15) is 13.2 Å². The van der Waals surface area contributed by atoms with Crippen molar-refractivity contribution in [3.63, 3.8) is 0 Å². The first kappa shape index (κ1) is 25.2. The van der Waals surface area contributed by atoms with Crippen molar-refractivity contribution in [2.75, 3.05) is 20.3 Å². The van der Waals surface area contributed by atoms with Crippen LogP contribution < -0.4 is 14.3 Å². The Bertz CT molecular complexity index is 1610. The van der Waals surface area contributed by atoms with Gasteiger partial charge in [0.15, 0.2) is 16.3 Å². The van der Waals surface area contributed by atoms with Gasteiger partial charge in [-0.25, -0.2) is 8.42 Å². The van der Waals surface area contributed by atoms with Crippen LogP contribution in [0, 0.1) is 0 Å². The number of aromatic nitrogens is 1. The number of fused-ring (bicyclic) bond motifs is 2. The molecule has 0 radical (unpaired) electrons. The lowest BCUT2D eigenvalue weighted by molar-refractivity contribution is 0.0997. The van der Waals surface area contributed by atoms with Crippen LogP contribution in [0.4, 0.5) is 0 Å². The maximum atomic E-state index is 13.1. The third-order valence-corrected chi connectivity index (χ3v) is 8.91. The number of thiazole rings is 1. The number of benzene rings is 3. The molecule has 0 bridgehead atoms. The van der Waals surface area contributed by atoms with Crippen LogP contribution in [0.1, 0.15) is 29.3 Å². The number of carbonyl (C=O) groups is 1. The monoisotopic (exact) mass is 537 g/mol. The van der Waals surface area contributed by atoms with Gasteiger partial charge in [0, 0.05) is 37.8 Å². The van der Waals surface area contributed by atoms with Gasteiger partial charge < -0.3 is 14.0 Å². The molecule has 1 aromatic heterocycles. The molecule has 0 fully saturated rings. The summed E-state index contributed by atoms with van der Waals surface area (Å²) in [5.74, 6) is 0.944. The Balaban J connectivity index is 1.42. The Hall–Kier alpha value is -3.47. The first-order valence-electron chi connectivity index (χ1n) is 12.0. The zero-order valence-corrected chi connectivity index (χ0v) is 22.2. The molecule has 1 amide bonds. The Kier molecular flexibility index (Phi) is 7.14. The fourth-order valence-corrected chi connectivity index (χ4v) is 6.38. The standard InChI is InChI=1S/C27H27N3O5S2/c1-3-13-30-22-16-23-24(35-15-14-34-23)17-25(22)36-27(30)28-26(31)20-9-11-21(12-10-20)37(32,33)29(2)18-19-7-5-4-6-8-19/h4-12,16-17H,3,13-15,18H2,1-2H3. The van der Waals surface area contributed by atoms with Gasteiger partial charge in [-0.1, -0.05) is 48.6 Å². The Morgan fingerprint density at radius 3 is 2.38 bits per heavy atom. The van der Waals surface area contributed by atoms with Gasteiger partial charge in [0.05, 0.1) is 15.1 Å².